The van der Waals surface area contributed by atoms with Crippen LogP contribution in [-0.4, -0.2) is 23.9 Å². The summed E-state index contributed by atoms with van der Waals surface area (Å²) in [6.07, 6.45) is 1.96. The number of fused-ring (bicyclic) bond motifs is 2. The number of hydrogen-bond acceptors (Lipinski definition) is 2. The van der Waals surface area contributed by atoms with E-state index in [-0.39, 0.29) is 17.8 Å². The van der Waals surface area contributed by atoms with Gasteiger partial charge in [-0.2, -0.15) is 0 Å². The van der Waals surface area contributed by atoms with Gasteiger partial charge in [0.2, 0.25) is 0 Å². The molecule has 0 aromatic carbocycles. The Kier molecular flexibility index (Phi) is 3.09. The van der Waals surface area contributed by atoms with Gasteiger partial charge in [0, 0.05) is 5.92 Å². The van der Waals surface area contributed by atoms with Gasteiger partial charge in [0.05, 0.1) is 18.3 Å². The van der Waals surface area contributed by atoms with Crippen molar-refractivity contribution in [1.82, 2.24) is 0 Å². The predicted molar refractivity (Wildman–Crippen MR) is 65.4 cm³/mol. The smallest absolute Gasteiger partial charge is 0.100 e. The standard InChI is InChI=1S/C14H26O2/c1-8(2)7-14-11(6)15-13(10(5)16-14)12(14)9(3)4/h8-13H,7H2,1-6H3/t10-,11+,12-,13-,14-/m0/s1. The second-order valence-corrected chi connectivity index (χ2v) is 6.39. The Bertz CT molecular complexity index is 261. The van der Waals surface area contributed by atoms with Crippen LogP contribution in [0, 0.1) is 17.8 Å². The highest BCUT2D eigenvalue weighted by Crippen LogP contribution is 2.54. The second kappa shape index (κ2) is 3.99. The Morgan fingerprint density at radius 2 is 1.75 bits per heavy atom. The lowest BCUT2D eigenvalue weighted by atomic mass is 9.73. The van der Waals surface area contributed by atoms with Crippen molar-refractivity contribution in [3.63, 3.8) is 0 Å². The predicted octanol–water partition coefficient (Wildman–Crippen LogP) is 3.25. The summed E-state index contributed by atoms with van der Waals surface area (Å²) in [5, 5.41) is 0. The van der Waals surface area contributed by atoms with Crippen LogP contribution >= 0.6 is 0 Å². The van der Waals surface area contributed by atoms with Gasteiger partial charge < -0.3 is 9.47 Å². The average Bonchev–Trinajstić information content (AvgIpc) is 2.51. The van der Waals surface area contributed by atoms with Gasteiger partial charge in [-0.15, -0.1) is 0 Å². The van der Waals surface area contributed by atoms with Crippen LogP contribution in [0.2, 0.25) is 0 Å². The molecule has 0 unspecified atom stereocenters. The monoisotopic (exact) mass is 226 g/mol. The van der Waals surface area contributed by atoms with Crippen molar-refractivity contribution in [2.75, 3.05) is 0 Å². The van der Waals surface area contributed by atoms with Gasteiger partial charge in [0.25, 0.3) is 0 Å². The van der Waals surface area contributed by atoms with Crippen LogP contribution in [0.25, 0.3) is 0 Å². The Labute approximate surface area is 99.7 Å². The van der Waals surface area contributed by atoms with Crippen LogP contribution in [0.15, 0.2) is 0 Å². The maximum Gasteiger partial charge on any atom is 0.100 e. The van der Waals surface area contributed by atoms with E-state index in [0.29, 0.717) is 23.9 Å². The third kappa shape index (κ3) is 1.62. The number of ether oxygens (including phenoxy) is 2. The first-order valence-electron chi connectivity index (χ1n) is 6.71. The minimum Gasteiger partial charge on any atom is -0.369 e. The minimum atomic E-state index is -0.0214. The van der Waals surface area contributed by atoms with Crippen molar-refractivity contribution < 1.29 is 9.47 Å². The van der Waals surface area contributed by atoms with Crippen LogP contribution in [0.4, 0.5) is 0 Å². The third-order valence-electron chi connectivity index (χ3n) is 4.28. The van der Waals surface area contributed by atoms with E-state index in [4.69, 9.17) is 9.47 Å². The highest BCUT2D eigenvalue weighted by atomic mass is 16.6. The molecule has 2 aliphatic heterocycles. The molecule has 2 heterocycles. The van der Waals surface area contributed by atoms with E-state index in [1.54, 1.807) is 0 Å². The molecule has 2 aliphatic rings. The first-order chi connectivity index (χ1) is 7.38. The fourth-order valence-electron chi connectivity index (χ4n) is 3.91. The lowest BCUT2D eigenvalue weighted by Gasteiger charge is -2.38. The highest BCUT2D eigenvalue weighted by Gasteiger charge is 2.63. The van der Waals surface area contributed by atoms with Crippen LogP contribution < -0.4 is 0 Å². The molecular weight excluding hydrogens is 200 g/mol. The maximum atomic E-state index is 6.32. The van der Waals surface area contributed by atoms with E-state index in [0.717, 1.165) is 6.42 Å². The average molecular weight is 226 g/mol. The summed E-state index contributed by atoms with van der Waals surface area (Å²) in [5.74, 6) is 1.87. The topological polar surface area (TPSA) is 18.5 Å². The minimum absolute atomic E-state index is 0.0214. The molecule has 94 valence electrons. The normalized spacial score (nSPS) is 47.2. The van der Waals surface area contributed by atoms with Crippen molar-refractivity contribution in [1.29, 1.82) is 0 Å². The highest BCUT2D eigenvalue weighted by molar-refractivity contribution is 5.11. The van der Waals surface area contributed by atoms with Crippen LogP contribution in [0.5, 0.6) is 0 Å². The van der Waals surface area contributed by atoms with E-state index in [1.807, 2.05) is 0 Å². The first-order valence-corrected chi connectivity index (χ1v) is 6.71. The van der Waals surface area contributed by atoms with Crippen molar-refractivity contribution in [2.45, 2.75) is 71.9 Å². The molecule has 2 fully saturated rings. The summed E-state index contributed by atoms with van der Waals surface area (Å²) in [6, 6.07) is 0. The summed E-state index contributed by atoms with van der Waals surface area (Å²) in [5.41, 5.74) is -0.0214. The molecular formula is C14H26O2. The van der Waals surface area contributed by atoms with Crippen molar-refractivity contribution in [3.8, 4) is 0 Å². The molecule has 2 saturated heterocycles. The Morgan fingerprint density at radius 3 is 2.25 bits per heavy atom. The summed E-state index contributed by atoms with van der Waals surface area (Å²) in [7, 11) is 0. The summed E-state index contributed by atoms with van der Waals surface area (Å²) >= 11 is 0. The van der Waals surface area contributed by atoms with Gasteiger partial charge in [-0.3, -0.25) is 0 Å². The molecule has 2 bridgehead atoms. The van der Waals surface area contributed by atoms with E-state index in [2.05, 4.69) is 41.5 Å². The first kappa shape index (κ1) is 12.4. The van der Waals surface area contributed by atoms with Crippen LogP contribution in [0.1, 0.15) is 48.0 Å². The lowest BCUT2D eigenvalue weighted by Crippen LogP contribution is -2.46. The van der Waals surface area contributed by atoms with E-state index >= 15 is 0 Å². The molecule has 0 spiro atoms. The van der Waals surface area contributed by atoms with Crippen LogP contribution in [0.3, 0.4) is 0 Å². The van der Waals surface area contributed by atoms with Gasteiger partial charge in [-0.05, 0) is 32.1 Å². The fourth-order valence-corrected chi connectivity index (χ4v) is 3.91. The number of hydrogen-bond donors (Lipinski definition) is 0. The molecule has 16 heavy (non-hydrogen) atoms. The third-order valence-corrected chi connectivity index (χ3v) is 4.28. The SMILES string of the molecule is CC(C)C[C@]12O[C@@H](C)[C@H](O[C@@H]1C)[C@@H]2C(C)C. The van der Waals surface area contributed by atoms with Crippen LogP contribution in [-0.2, 0) is 9.47 Å². The van der Waals surface area contributed by atoms with Gasteiger partial charge in [0.1, 0.15) is 5.60 Å². The summed E-state index contributed by atoms with van der Waals surface area (Å²) < 4.78 is 12.4. The summed E-state index contributed by atoms with van der Waals surface area (Å²) in [4.78, 5) is 0. The molecule has 0 saturated carbocycles. The molecule has 2 rings (SSSR count). The fraction of sp³-hybridized carbons (Fsp3) is 1.00. The Balaban J connectivity index is 2.30. The molecule has 0 N–H and O–H groups in total. The lowest BCUT2D eigenvalue weighted by molar-refractivity contribution is -0.180. The largest absolute Gasteiger partial charge is 0.369 e. The Hall–Kier alpha value is -0.0800. The summed E-state index contributed by atoms with van der Waals surface area (Å²) in [6.45, 7) is 13.5. The molecule has 0 aromatic rings. The van der Waals surface area contributed by atoms with E-state index in [1.165, 1.54) is 0 Å². The molecule has 2 heteroatoms. The van der Waals surface area contributed by atoms with Gasteiger partial charge in [0.15, 0.2) is 0 Å². The van der Waals surface area contributed by atoms with Gasteiger partial charge >= 0.3 is 0 Å². The zero-order chi connectivity index (χ0) is 12.1. The molecule has 0 aromatic heterocycles. The molecule has 5 atom stereocenters. The van der Waals surface area contributed by atoms with Crippen molar-refractivity contribution in [3.05, 3.63) is 0 Å². The molecule has 0 aliphatic carbocycles. The van der Waals surface area contributed by atoms with Gasteiger partial charge in [-0.25, -0.2) is 0 Å². The van der Waals surface area contributed by atoms with Crippen molar-refractivity contribution >= 4 is 0 Å². The number of rotatable bonds is 3. The van der Waals surface area contributed by atoms with Gasteiger partial charge in [-0.1, -0.05) is 27.7 Å². The maximum absolute atomic E-state index is 6.32. The zero-order valence-electron chi connectivity index (χ0n) is 11.5. The molecule has 2 nitrogen and oxygen atoms in total. The Morgan fingerprint density at radius 1 is 1.12 bits per heavy atom. The van der Waals surface area contributed by atoms with E-state index < -0.39 is 0 Å². The van der Waals surface area contributed by atoms with Crippen molar-refractivity contribution in [2.24, 2.45) is 17.8 Å². The molecule has 0 radical (unpaired) electrons. The molecule has 0 amide bonds. The quantitative estimate of drug-likeness (QED) is 0.735. The zero-order valence-corrected chi connectivity index (χ0v) is 11.5. The second-order valence-electron chi connectivity index (χ2n) is 6.39. The van der Waals surface area contributed by atoms with E-state index in [9.17, 15) is 0 Å².